The van der Waals surface area contributed by atoms with Crippen molar-refractivity contribution in [2.24, 2.45) is 5.73 Å². The predicted octanol–water partition coefficient (Wildman–Crippen LogP) is 3.41. The van der Waals surface area contributed by atoms with Gasteiger partial charge < -0.3 is 15.2 Å². The van der Waals surface area contributed by atoms with Crippen LogP contribution in [0.5, 0.6) is 0 Å². The van der Waals surface area contributed by atoms with E-state index >= 15 is 0 Å². The minimum Gasteiger partial charge on any atom is -0.351 e. The van der Waals surface area contributed by atoms with Crippen LogP contribution >= 0.6 is 0 Å². The van der Waals surface area contributed by atoms with Crippen molar-refractivity contribution < 1.29 is 13.2 Å². The lowest BCUT2D eigenvalue weighted by Gasteiger charge is -2.17. The van der Waals surface area contributed by atoms with Crippen LogP contribution in [0, 0.1) is 6.92 Å². The largest absolute Gasteiger partial charge is 0.351 e. The first-order chi connectivity index (χ1) is 13.7. The van der Waals surface area contributed by atoms with Gasteiger partial charge in [-0.1, -0.05) is 24.3 Å². The van der Waals surface area contributed by atoms with Gasteiger partial charge >= 0.3 is 6.03 Å². The number of carbonyl (C=O) groups is 1. The molecule has 3 aromatic rings. The quantitative estimate of drug-likeness (QED) is 0.674. The fourth-order valence-corrected chi connectivity index (χ4v) is 3.91. The molecular weight excluding hydrogens is 386 g/mol. The highest BCUT2D eigenvalue weighted by atomic mass is 32.2. The van der Waals surface area contributed by atoms with Crippen LogP contribution in [0.3, 0.4) is 0 Å². The number of para-hydroxylation sites is 1. The molecule has 2 N–H and O–H groups in total. The highest BCUT2D eigenvalue weighted by Crippen LogP contribution is 2.32. The fraction of sp³-hybridized carbons (Fsp3) is 0.227. The van der Waals surface area contributed by atoms with Crippen molar-refractivity contribution in [2.45, 2.75) is 18.2 Å². The summed E-state index contributed by atoms with van der Waals surface area (Å²) in [5.41, 5.74) is 10.1. The van der Waals surface area contributed by atoms with Gasteiger partial charge in [-0.2, -0.15) is 0 Å². The average Bonchev–Trinajstić information content (AvgIpc) is 3.09. The van der Waals surface area contributed by atoms with E-state index in [1.807, 2.05) is 60.2 Å². The summed E-state index contributed by atoms with van der Waals surface area (Å²) >= 11 is 0. The second-order valence-corrected chi connectivity index (χ2v) is 9.17. The van der Waals surface area contributed by atoms with Gasteiger partial charge in [-0.3, -0.25) is 0 Å². The summed E-state index contributed by atoms with van der Waals surface area (Å²) in [6.45, 7) is 2.43. The zero-order chi connectivity index (χ0) is 21.2. The van der Waals surface area contributed by atoms with Crippen molar-refractivity contribution in [3.63, 3.8) is 0 Å². The van der Waals surface area contributed by atoms with Gasteiger partial charge in [0.25, 0.3) is 0 Å². The van der Waals surface area contributed by atoms with Crippen LogP contribution in [0.2, 0.25) is 0 Å². The van der Waals surface area contributed by atoms with Crippen LogP contribution in [-0.4, -0.2) is 43.8 Å². The summed E-state index contributed by atoms with van der Waals surface area (Å²) in [7, 11) is -1.68. The molecule has 0 unspecified atom stereocenters. The third kappa shape index (κ3) is 4.51. The number of amides is 2. The number of hydrogen-bond donors (Lipinski definition) is 1. The summed E-state index contributed by atoms with van der Waals surface area (Å²) < 4.78 is 26.3. The lowest BCUT2D eigenvalue weighted by molar-refractivity contribution is 0.219. The average molecular weight is 412 g/mol. The smallest absolute Gasteiger partial charge is 0.314 e. The molecule has 29 heavy (non-hydrogen) atoms. The van der Waals surface area contributed by atoms with Gasteiger partial charge in [0.2, 0.25) is 0 Å². The van der Waals surface area contributed by atoms with E-state index in [0.717, 1.165) is 28.1 Å². The molecule has 0 aliphatic carbocycles. The molecule has 152 valence electrons. The van der Waals surface area contributed by atoms with E-state index in [1.165, 1.54) is 11.2 Å². The maximum atomic E-state index is 12.1. The Morgan fingerprint density at radius 2 is 1.79 bits per heavy atom. The molecule has 0 saturated carbocycles. The van der Waals surface area contributed by atoms with Gasteiger partial charge in [-0.15, -0.1) is 0 Å². The Balaban J connectivity index is 2.17. The van der Waals surface area contributed by atoms with Gasteiger partial charge in [0.15, 0.2) is 9.84 Å². The zero-order valence-corrected chi connectivity index (χ0v) is 17.6. The molecule has 3 rings (SSSR count). The number of primary amides is 1. The van der Waals surface area contributed by atoms with Crippen LogP contribution in [0.4, 0.5) is 4.79 Å². The Kier molecular flexibility index (Phi) is 5.79. The summed E-state index contributed by atoms with van der Waals surface area (Å²) in [6, 6.07) is 16.6. The van der Waals surface area contributed by atoms with E-state index in [2.05, 4.69) is 0 Å². The molecule has 0 bridgehead atoms. The molecule has 1 aromatic heterocycles. The van der Waals surface area contributed by atoms with Crippen molar-refractivity contribution in [1.82, 2.24) is 9.47 Å². The second-order valence-electron chi connectivity index (χ2n) is 7.15. The normalized spacial score (nSPS) is 11.4. The van der Waals surface area contributed by atoms with Crippen LogP contribution in [-0.2, 0) is 16.3 Å². The van der Waals surface area contributed by atoms with Gasteiger partial charge in [0.05, 0.1) is 10.6 Å². The molecule has 6 nitrogen and oxygen atoms in total. The van der Waals surface area contributed by atoms with Crippen LogP contribution in [0.1, 0.15) is 11.1 Å². The van der Waals surface area contributed by atoms with Gasteiger partial charge in [0.1, 0.15) is 0 Å². The SMILES string of the molecule is Cc1ccc(S(C)(=O)=O)cc1-c1c(CCN(C)C(N)=O)ccn1-c1ccccc1. The number of rotatable bonds is 6. The van der Waals surface area contributed by atoms with Gasteiger partial charge in [-0.25, -0.2) is 13.2 Å². The Morgan fingerprint density at radius 3 is 2.41 bits per heavy atom. The van der Waals surface area contributed by atoms with Crippen molar-refractivity contribution in [1.29, 1.82) is 0 Å². The first-order valence-corrected chi connectivity index (χ1v) is 11.1. The van der Waals surface area contributed by atoms with Gasteiger partial charge in [-0.05, 0) is 54.8 Å². The molecule has 0 spiro atoms. The number of likely N-dealkylation sites (N-methyl/N-ethyl adjacent to an activating group) is 1. The third-order valence-corrected chi connectivity index (χ3v) is 6.10. The summed E-state index contributed by atoms with van der Waals surface area (Å²) in [5.74, 6) is 0. The molecule has 2 aromatic carbocycles. The Morgan fingerprint density at radius 1 is 1.10 bits per heavy atom. The summed E-state index contributed by atoms with van der Waals surface area (Å²) in [6.07, 6.45) is 3.77. The first-order valence-electron chi connectivity index (χ1n) is 9.26. The monoisotopic (exact) mass is 411 g/mol. The molecule has 2 amide bonds. The standard InChI is InChI=1S/C22H25N3O3S/c1-16-9-10-19(29(3,27)28)15-20(16)21-17(11-13-24(2)22(23)26)12-14-25(21)18-7-5-4-6-8-18/h4-10,12,14-15H,11,13H2,1-3H3,(H2,23,26). The van der Waals surface area contributed by atoms with Crippen molar-refractivity contribution in [3.8, 4) is 16.9 Å². The fourth-order valence-electron chi connectivity index (χ4n) is 3.27. The van der Waals surface area contributed by atoms with E-state index in [9.17, 15) is 13.2 Å². The Hall–Kier alpha value is -3.06. The van der Waals surface area contributed by atoms with E-state index in [-0.39, 0.29) is 4.90 Å². The van der Waals surface area contributed by atoms with E-state index in [0.29, 0.717) is 13.0 Å². The van der Waals surface area contributed by atoms with Crippen molar-refractivity contribution in [2.75, 3.05) is 19.8 Å². The molecule has 1 heterocycles. The lowest BCUT2D eigenvalue weighted by atomic mass is 10.0. The van der Waals surface area contributed by atoms with Crippen LogP contribution in [0.25, 0.3) is 16.9 Å². The molecule has 0 radical (unpaired) electrons. The number of sulfone groups is 1. The maximum absolute atomic E-state index is 12.1. The Labute approximate surface area is 171 Å². The van der Waals surface area contributed by atoms with Crippen molar-refractivity contribution in [3.05, 3.63) is 71.9 Å². The zero-order valence-electron chi connectivity index (χ0n) is 16.8. The molecule has 0 saturated heterocycles. The Bertz CT molecular complexity index is 1140. The highest BCUT2D eigenvalue weighted by Gasteiger charge is 2.18. The summed E-state index contributed by atoms with van der Waals surface area (Å²) in [5, 5.41) is 0. The van der Waals surface area contributed by atoms with Crippen molar-refractivity contribution >= 4 is 15.9 Å². The first kappa shape index (κ1) is 20.7. The number of benzene rings is 2. The number of aromatic nitrogens is 1. The number of aryl methyl sites for hydroxylation is 1. The minimum absolute atomic E-state index is 0.277. The predicted molar refractivity (Wildman–Crippen MR) is 115 cm³/mol. The van der Waals surface area contributed by atoms with E-state index in [1.54, 1.807) is 19.2 Å². The number of nitrogens with zero attached hydrogens (tertiary/aromatic N) is 2. The number of nitrogens with two attached hydrogens (primary N) is 1. The minimum atomic E-state index is -3.34. The summed E-state index contributed by atoms with van der Waals surface area (Å²) in [4.78, 5) is 13.1. The maximum Gasteiger partial charge on any atom is 0.314 e. The molecule has 7 heteroatoms. The van der Waals surface area contributed by atoms with Gasteiger partial charge in [0, 0.05) is 37.3 Å². The third-order valence-electron chi connectivity index (χ3n) is 4.99. The molecule has 0 aliphatic heterocycles. The topological polar surface area (TPSA) is 85.4 Å². The molecule has 0 aliphatic rings. The number of carbonyl (C=O) groups excluding carboxylic acids is 1. The molecule has 0 atom stereocenters. The number of urea groups is 1. The second kappa shape index (κ2) is 8.13. The highest BCUT2D eigenvalue weighted by molar-refractivity contribution is 7.90. The van der Waals surface area contributed by atoms with Crippen LogP contribution in [0.15, 0.2) is 65.7 Å². The van der Waals surface area contributed by atoms with E-state index in [4.69, 9.17) is 5.73 Å². The van der Waals surface area contributed by atoms with Crippen LogP contribution < -0.4 is 5.73 Å². The molecular formula is C22H25N3O3S. The molecule has 0 fully saturated rings. The number of hydrogen-bond acceptors (Lipinski definition) is 3. The lowest BCUT2D eigenvalue weighted by Crippen LogP contribution is -2.33. The van der Waals surface area contributed by atoms with E-state index < -0.39 is 15.9 Å².